The van der Waals surface area contributed by atoms with Gasteiger partial charge in [0, 0.05) is 29.5 Å². The molecule has 1 aliphatic rings. The van der Waals surface area contributed by atoms with Crippen molar-refractivity contribution >= 4 is 5.97 Å². The van der Waals surface area contributed by atoms with E-state index in [1.807, 2.05) is 0 Å². The van der Waals surface area contributed by atoms with Crippen molar-refractivity contribution in [2.24, 2.45) is 0 Å². The molecule has 116 valence electrons. The second kappa shape index (κ2) is 6.30. The maximum atomic E-state index is 11.8. The molecular weight excluding hydrogens is 250 g/mol. The molecular formula is C17H31NO2. The lowest BCUT2D eigenvalue weighted by molar-refractivity contribution is -0.155. The van der Waals surface area contributed by atoms with E-state index in [0.29, 0.717) is 5.57 Å². The third-order valence-electron chi connectivity index (χ3n) is 4.27. The van der Waals surface area contributed by atoms with Crippen LogP contribution in [0.25, 0.3) is 0 Å². The molecule has 1 saturated heterocycles. The molecule has 1 heterocycles. The van der Waals surface area contributed by atoms with Crippen molar-refractivity contribution in [2.45, 2.75) is 84.4 Å². The minimum Gasteiger partial charge on any atom is -0.459 e. The van der Waals surface area contributed by atoms with Crippen LogP contribution in [0.15, 0.2) is 12.2 Å². The molecule has 1 rings (SSSR count). The highest BCUT2D eigenvalue weighted by molar-refractivity contribution is 5.87. The van der Waals surface area contributed by atoms with Gasteiger partial charge in [-0.05, 0) is 47.6 Å². The number of rotatable bonds is 5. The molecule has 0 aliphatic carbocycles. The van der Waals surface area contributed by atoms with E-state index in [-0.39, 0.29) is 23.2 Å². The van der Waals surface area contributed by atoms with E-state index in [4.69, 9.17) is 4.74 Å². The average Bonchev–Trinajstić information content (AvgIpc) is 2.25. The number of carbonyl (C=O) groups is 1. The smallest absolute Gasteiger partial charge is 0.333 e. The van der Waals surface area contributed by atoms with Gasteiger partial charge in [0.05, 0.1) is 0 Å². The van der Waals surface area contributed by atoms with Crippen molar-refractivity contribution in [3.05, 3.63) is 12.2 Å². The largest absolute Gasteiger partial charge is 0.459 e. The van der Waals surface area contributed by atoms with Gasteiger partial charge in [-0.15, -0.1) is 0 Å². The van der Waals surface area contributed by atoms with Crippen molar-refractivity contribution in [1.82, 2.24) is 4.90 Å². The number of piperidine rings is 1. The number of hydrogen-bond acceptors (Lipinski definition) is 3. The molecule has 20 heavy (non-hydrogen) atoms. The Balaban J connectivity index is 2.81. The van der Waals surface area contributed by atoms with Crippen LogP contribution in [-0.2, 0) is 9.53 Å². The minimum absolute atomic E-state index is 0.0120. The Bertz CT molecular complexity index is 353. The number of esters is 1. The van der Waals surface area contributed by atoms with Crippen LogP contribution in [0.1, 0.15) is 67.2 Å². The molecule has 0 unspecified atom stereocenters. The van der Waals surface area contributed by atoms with E-state index in [1.54, 1.807) is 6.92 Å². The lowest BCUT2D eigenvalue weighted by Gasteiger charge is -2.55. The first-order valence-corrected chi connectivity index (χ1v) is 7.74. The summed E-state index contributed by atoms with van der Waals surface area (Å²) in [6, 6.07) is 0. The Morgan fingerprint density at radius 2 is 1.75 bits per heavy atom. The Morgan fingerprint density at radius 3 is 2.15 bits per heavy atom. The van der Waals surface area contributed by atoms with E-state index in [0.717, 1.165) is 19.4 Å². The van der Waals surface area contributed by atoms with Crippen LogP contribution in [0.3, 0.4) is 0 Å². The van der Waals surface area contributed by atoms with Crippen LogP contribution in [0.5, 0.6) is 0 Å². The lowest BCUT2D eigenvalue weighted by atomic mass is 9.78. The zero-order valence-electron chi connectivity index (χ0n) is 14.1. The number of hydrogen-bond donors (Lipinski definition) is 0. The topological polar surface area (TPSA) is 29.5 Å². The maximum absolute atomic E-state index is 11.8. The molecule has 0 aromatic heterocycles. The van der Waals surface area contributed by atoms with E-state index in [2.05, 4.69) is 46.1 Å². The number of nitrogens with zero attached hydrogens (tertiary/aromatic N) is 1. The Morgan fingerprint density at radius 1 is 1.25 bits per heavy atom. The third-order valence-corrected chi connectivity index (χ3v) is 4.27. The molecule has 0 amide bonds. The quantitative estimate of drug-likeness (QED) is 0.565. The van der Waals surface area contributed by atoms with Crippen LogP contribution < -0.4 is 0 Å². The normalized spacial score (nSPS) is 22.5. The highest BCUT2D eigenvalue weighted by Gasteiger charge is 2.45. The van der Waals surface area contributed by atoms with E-state index < -0.39 is 0 Å². The molecule has 0 bridgehead atoms. The first-order valence-electron chi connectivity index (χ1n) is 7.74. The van der Waals surface area contributed by atoms with Crippen LogP contribution in [0.2, 0.25) is 0 Å². The fraction of sp³-hybridized carbons (Fsp3) is 0.824. The van der Waals surface area contributed by atoms with Gasteiger partial charge < -0.3 is 4.74 Å². The molecule has 0 radical (unpaired) electrons. The standard InChI is InChI=1S/C17H31NO2/c1-8-9-10-18-16(4,5)11-14(12-17(18,6)7)20-15(19)13(2)3/h14H,2,8-12H2,1,3-7H3. The van der Waals surface area contributed by atoms with Gasteiger partial charge in [-0.25, -0.2) is 4.79 Å². The van der Waals surface area contributed by atoms with Gasteiger partial charge in [0.15, 0.2) is 0 Å². The number of ether oxygens (including phenoxy) is 1. The molecule has 0 aromatic rings. The number of likely N-dealkylation sites (tertiary alicyclic amines) is 1. The maximum Gasteiger partial charge on any atom is 0.333 e. The van der Waals surface area contributed by atoms with Crippen LogP contribution in [-0.4, -0.2) is 34.6 Å². The highest BCUT2D eigenvalue weighted by atomic mass is 16.5. The Labute approximate surface area is 124 Å². The summed E-state index contributed by atoms with van der Waals surface area (Å²) in [5.41, 5.74) is 0.586. The Kier molecular flexibility index (Phi) is 5.42. The highest BCUT2D eigenvalue weighted by Crippen LogP contribution is 2.39. The van der Waals surface area contributed by atoms with E-state index in [1.165, 1.54) is 12.8 Å². The second-order valence-electron chi connectivity index (χ2n) is 7.35. The van der Waals surface area contributed by atoms with Crippen molar-refractivity contribution in [3.63, 3.8) is 0 Å². The summed E-state index contributed by atoms with van der Waals surface area (Å²) in [5, 5.41) is 0. The molecule has 0 aromatic carbocycles. The lowest BCUT2D eigenvalue weighted by Crippen LogP contribution is -2.62. The summed E-state index contributed by atoms with van der Waals surface area (Å²) in [6.45, 7) is 17.7. The predicted molar refractivity (Wildman–Crippen MR) is 83.7 cm³/mol. The van der Waals surface area contributed by atoms with Crippen molar-refractivity contribution < 1.29 is 9.53 Å². The van der Waals surface area contributed by atoms with Crippen LogP contribution in [0, 0.1) is 0 Å². The molecule has 1 fully saturated rings. The molecule has 0 atom stereocenters. The third kappa shape index (κ3) is 4.08. The average molecular weight is 281 g/mol. The summed E-state index contributed by atoms with van der Waals surface area (Å²) in [5.74, 6) is -0.261. The fourth-order valence-electron chi connectivity index (χ4n) is 3.48. The minimum atomic E-state index is -0.261. The summed E-state index contributed by atoms with van der Waals surface area (Å²) < 4.78 is 5.61. The fourth-order valence-corrected chi connectivity index (χ4v) is 3.48. The summed E-state index contributed by atoms with van der Waals surface area (Å²) in [6.07, 6.45) is 4.18. The van der Waals surface area contributed by atoms with Gasteiger partial charge in [0.25, 0.3) is 0 Å². The van der Waals surface area contributed by atoms with Crippen LogP contribution in [0.4, 0.5) is 0 Å². The molecule has 1 aliphatic heterocycles. The first-order chi connectivity index (χ1) is 9.10. The molecule has 0 N–H and O–H groups in total. The van der Waals surface area contributed by atoms with Gasteiger partial charge in [-0.2, -0.15) is 0 Å². The van der Waals surface area contributed by atoms with Crippen LogP contribution >= 0.6 is 0 Å². The molecule has 0 spiro atoms. The first kappa shape index (κ1) is 17.2. The zero-order chi connectivity index (χ0) is 15.6. The van der Waals surface area contributed by atoms with E-state index in [9.17, 15) is 4.79 Å². The molecule has 3 heteroatoms. The van der Waals surface area contributed by atoms with Gasteiger partial charge in [-0.3, -0.25) is 4.90 Å². The Hall–Kier alpha value is -0.830. The number of carbonyl (C=O) groups excluding carboxylic acids is 1. The second-order valence-corrected chi connectivity index (χ2v) is 7.35. The van der Waals surface area contributed by atoms with Crippen molar-refractivity contribution in [1.29, 1.82) is 0 Å². The van der Waals surface area contributed by atoms with Gasteiger partial charge in [0.1, 0.15) is 6.10 Å². The van der Waals surface area contributed by atoms with Crippen molar-refractivity contribution in [2.75, 3.05) is 6.54 Å². The summed E-state index contributed by atoms with van der Waals surface area (Å²) in [4.78, 5) is 14.3. The van der Waals surface area contributed by atoms with Gasteiger partial charge in [0.2, 0.25) is 0 Å². The van der Waals surface area contributed by atoms with Gasteiger partial charge >= 0.3 is 5.97 Å². The molecule has 3 nitrogen and oxygen atoms in total. The molecule has 0 saturated carbocycles. The van der Waals surface area contributed by atoms with Gasteiger partial charge in [-0.1, -0.05) is 19.9 Å². The zero-order valence-corrected chi connectivity index (χ0v) is 14.1. The monoisotopic (exact) mass is 281 g/mol. The predicted octanol–water partition coefficient (Wildman–Crippen LogP) is 3.93. The number of unbranched alkanes of at least 4 members (excludes halogenated alkanes) is 1. The van der Waals surface area contributed by atoms with Crippen molar-refractivity contribution in [3.8, 4) is 0 Å². The summed E-state index contributed by atoms with van der Waals surface area (Å²) >= 11 is 0. The van der Waals surface area contributed by atoms with E-state index >= 15 is 0 Å². The SMILES string of the molecule is C=C(C)C(=O)OC1CC(C)(C)N(CCCC)C(C)(C)C1. The summed E-state index contributed by atoms with van der Waals surface area (Å²) in [7, 11) is 0.